The van der Waals surface area contributed by atoms with Gasteiger partial charge in [-0.25, -0.2) is 4.98 Å². The molecule has 0 aliphatic heterocycles. The molecule has 1 aromatic heterocycles. The van der Waals surface area contributed by atoms with E-state index in [0.717, 1.165) is 32.9 Å². The van der Waals surface area contributed by atoms with Crippen molar-refractivity contribution >= 4 is 39.2 Å². The van der Waals surface area contributed by atoms with Crippen molar-refractivity contribution in [2.75, 3.05) is 5.32 Å². The van der Waals surface area contributed by atoms with Gasteiger partial charge in [-0.2, -0.15) is 0 Å². The number of nitrogens with zero attached hydrogens (tertiary/aromatic N) is 1. The Morgan fingerprint density at radius 2 is 1.65 bits per heavy atom. The predicted molar refractivity (Wildman–Crippen MR) is 102 cm³/mol. The van der Waals surface area contributed by atoms with E-state index < -0.39 is 0 Å². The maximum absolute atomic E-state index is 13.0. The number of carbonyl (C=O) groups excluding carboxylic acids is 2. The second-order valence-electron chi connectivity index (χ2n) is 6.47. The van der Waals surface area contributed by atoms with Crippen LogP contribution in [0.4, 0.5) is 5.69 Å². The topological polar surface area (TPSA) is 59.1 Å². The maximum atomic E-state index is 13.0. The third-order valence-electron chi connectivity index (χ3n) is 4.81. The molecule has 26 heavy (non-hydrogen) atoms. The van der Waals surface area contributed by atoms with Crippen LogP contribution in [0.2, 0.25) is 0 Å². The fraction of sp³-hybridized carbons (Fsp3) is 0.0455. The summed E-state index contributed by atoms with van der Waals surface area (Å²) in [6.45, 7) is 1.49. The van der Waals surface area contributed by atoms with Crippen molar-refractivity contribution in [2.24, 2.45) is 0 Å². The van der Waals surface area contributed by atoms with Gasteiger partial charge in [0.1, 0.15) is 0 Å². The number of aromatic nitrogens is 1. The Morgan fingerprint density at radius 3 is 2.46 bits per heavy atom. The summed E-state index contributed by atoms with van der Waals surface area (Å²) in [5.41, 5.74) is 5.65. The minimum atomic E-state index is -0.122. The first-order chi connectivity index (χ1) is 12.6. The van der Waals surface area contributed by atoms with Gasteiger partial charge in [-0.1, -0.05) is 36.4 Å². The molecule has 0 unspecified atom stereocenters. The number of nitrogens with one attached hydrogen (secondary N) is 1. The van der Waals surface area contributed by atoms with Gasteiger partial charge in [0.15, 0.2) is 5.78 Å². The van der Waals surface area contributed by atoms with Gasteiger partial charge in [0.05, 0.1) is 11.0 Å². The summed E-state index contributed by atoms with van der Waals surface area (Å²) in [6, 6.07) is 19.0. The quantitative estimate of drug-likeness (QED) is 0.456. The van der Waals surface area contributed by atoms with Crippen LogP contribution < -0.4 is 5.32 Å². The van der Waals surface area contributed by atoms with Crippen LogP contribution in [0.15, 0.2) is 60.7 Å². The van der Waals surface area contributed by atoms with Crippen LogP contribution in [0.3, 0.4) is 0 Å². The molecule has 0 radical (unpaired) electrons. The molecular formula is C22H14N2O2. The molecule has 0 atom stereocenters. The third kappa shape index (κ3) is 1.99. The van der Waals surface area contributed by atoms with Gasteiger partial charge in [-0.3, -0.25) is 9.59 Å². The predicted octanol–water partition coefficient (Wildman–Crippen LogP) is 4.56. The van der Waals surface area contributed by atoms with Gasteiger partial charge in [0, 0.05) is 40.1 Å². The number of amides is 1. The van der Waals surface area contributed by atoms with Crippen molar-refractivity contribution in [1.82, 2.24) is 4.98 Å². The highest BCUT2D eigenvalue weighted by atomic mass is 16.1. The summed E-state index contributed by atoms with van der Waals surface area (Å²) in [7, 11) is 0. The number of benzene rings is 3. The molecule has 4 aromatic rings. The Hall–Kier alpha value is -3.53. The minimum Gasteiger partial charge on any atom is -0.326 e. The first kappa shape index (κ1) is 14.8. The Bertz CT molecular complexity index is 1260. The summed E-state index contributed by atoms with van der Waals surface area (Å²) < 4.78 is 0. The van der Waals surface area contributed by atoms with Gasteiger partial charge in [0.2, 0.25) is 5.91 Å². The van der Waals surface area contributed by atoms with E-state index in [2.05, 4.69) is 5.32 Å². The number of hydrogen-bond donors (Lipinski definition) is 1. The molecule has 0 saturated carbocycles. The van der Waals surface area contributed by atoms with Crippen molar-refractivity contribution < 1.29 is 9.59 Å². The number of hydrogen-bond acceptors (Lipinski definition) is 3. The van der Waals surface area contributed by atoms with Crippen LogP contribution in [0, 0.1) is 0 Å². The van der Waals surface area contributed by atoms with E-state index in [-0.39, 0.29) is 11.7 Å². The second kappa shape index (κ2) is 5.23. The van der Waals surface area contributed by atoms with E-state index >= 15 is 0 Å². The van der Waals surface area contributed by atoms with Gasteiger partial charge in [-0.05, 0) is 29.8 Å². The molecule has 3 aromatic carbocycles. The fourth-order valence-electron chi connectivity index (χ4n) is 3.79. The van der Waals surface area contributed by atoms with Crippen LogP contribution in [-0.4, -0.2) is 16.7 Å². The Balaban J connectivity index is 1.98. The van der Waals surface area contributed by atoms with Crippen LogP contribution in [-0.2, 0) is 4.79 Å². The van der Waals surface area contributed by atoms with E-state index in [1.807, 2.05) is 60.7 Å². The molecule has 1 aliphatic carbocycles. The Morgan fingerprint density at radius 1 is 0.885 bits per heavy atom. The van der Waals surface area contributed by atoms with Crippen LogP contribution in [0.5, 0.6) is 0 Å². The monoisotopic (exact) mass is 338 g/mol. The van der Waals surface area contributed by atoms with Gasteiger partial charge < -0.3 is 5.32 Å². The lowest BCUT2D eigenvalue weighted by Crippen LogP contribution is -2.11. The standard InChI is InChI=1S/C22H14N2O2/c1-12(25)23-13-9-10-18-17(11-13)20-14-5-2-3-6-15(14)22(26)16-7-4-8-19(24-18)21(16)20/h2-11H,1H3,(H,23,25). The zero-order valence-electron chi connectivity index (χ0n) is 14.0. The minimum absolute atomic E-state index is 0.0258. The highest BCUT2D eigenvalue weighted by Gasteiger charge is 2.27. The average molecular weight is 338 g/mol. The van der Waals surface area contributed by atoms with Gasteiger partial charge >= 0.3 is 0 Å². The van der Waals surface area contributed by atoms with E-state index in [9.17, 15) is 9.59 Å². The Kier molecular flexibility index (Phi) is 2.97. The molecule has 1 N–H and O–H groups in total. The normalized spacial score (nSPS) is 12.3. The average Bonchev–Trinajstić information content (AvgIpc) is 2.64. The summed E-state index contributed by atoms with van der Waals surface area (Å²) in [5.74, 6) is -0.0964. The van der Waals surface area contributed by atoms with Crippen LogP contribution >= 0.6 is 0 Å². The van der Waals surface area contributed by atoms with Crippen LogP contribution in [0.25, 0.3) is 32.9 Å². The first-order valence-corrected chi connectivity index (χ1v) is 8.41. The molecule has 0 saturated heterocycles. The number of pyridine rings is 1. The molecule has 1 aliphatic rings. The third-order valence-corrected chi connectivity index (χ3v) is 4.81. The Labute approximate surface area is 149 Å². The van der Waals surface area contributed by atoms with E-state index in [4.69, 9.17) is 4.98 Å². The lowest BCUT2D eigenvalue weighted by atomic mass is 9.82. The molecule has 5 rings (SSSR count). The largest absolute Gasteiger partial charge is 0.326 e. The van der Waals surface area contributed by atoms with Crippen molar-refractivity contribution in [2.45, 2.75) is 6.92 Å². The summed E-state index contributed by atoms with van der Waals surface area (Å²) in [6.07, 6.45) is 0. The zero-order chi connectivity index (χ0) is 17.8. The molecule has 1 amide bonds. The molecule has 124 valence electrons. The van der Waals surface area contributed by atoms with E-state index in [0.29, 0.717) is 16.8 Å². The highest BCUT2D eigenvalue weighted by molar-refractivity contribution is 6.29. The summed E-state index contributed by atoms with van der Waals surface area (Å²) >= 11 is 0. The van der Waals surface area contributed by atoms with Crippen molar-refractivity contribution in [1.29, 1.82) is 0 Å². The first-order valence-electron chi connectivity index (χ1n) is 8.41. The second-order valence-corrected chi connectivity index (χ2v) is 6.47. The molecule has 1 heterocycles. The van der Waals surface area contributed by atoms with E-state index in [1.54, 1.807) is 0 Å². The molecule has 4 nitrogen and oxygen atoms in total. The summed E-state index contributed by atoms with van der Waals surface area (Å²) in [4.78, 5) is 29.2. The highest BCUT2D eigenvalue weighted by Crippen LogP contribution is 2.43. The molecule has 0 spiro atoms. The van der Waals surface area contributed by atoms with Gasteiger partial charge in [-0.15, -0.1) is 0 Å². The molecule has 0 fully saturated rings. The smallest absolute Gasteiger partial charge is 0.221 e. The maximum Gasteiger partial charge on any atom is 0.221 e. The number of fused-ring (bicyclic) bond motifs is 4. The summed E-state index contributed by atoms with van der Waals surface area (Å²) in [5, 5.41) is 4.63. The molecular weight excluding hydrogens is 324 g/mol. The SMILES string of the molecule is CC(=O)Nc1ccc2nc3cccc4c3c(c2c1)-c1ccccc1C4=O. The number of carbonyl (C=O) groups is 2. The lowest BCUT2D eigenvalue weighted by Gasteiger charge is -2.21. The van der Waals surface area contributed by atoms with Crippen LogP contribution in [0.1, 0.15) is 22.8 Å². The molecule has 0 bridgehead atoms. The van der Waals surface area contributed by atoms with Crippen molar-refractivity contribution in [3.8, 4) is 11.1 Å². The van der Waals surface area contributed by atoms with Crippen molar-refractivity contribution in [3.63, 3.8) is 0 Å². The number of ketones is 1. The lowest BCUT2D eigenvalue weighted by molar-refractivity contribution is -0.114. The van der Waals surface area contributed by atoms with Gasteiger partial charge in [0.25, 0.3) is 0 Å². The number of rotatable bonds is 1. The van der Waals surface area contributed by atoms with E-state index in [1.165, 1.54) is 6.92 Å². The fourth-order valence-corrected chi connectivity index (χ4v) is 3.79. The molecule has 4 heteroatoms. The van der Waals surface area contributed by atoms with Crippen molar-refractivity contribution in [3.05, 3.63) is 71.8 Å². The zero-order valence-corrected chi connectivity index (χ0v) is 14.0. The number of anilines is 1.